The number of hydrogen-bond donors (Lipinski definition) is 2. The number of alkyl halides is 3. The van der Waals surface area contributed by atoms with Crippen molar-refractivity contribution >= 4 is 5.97 Å². The van der Waals surface area contributed by atoms with Crippen LogP contribution in [-0.2, 0) is 9.53 Å². The molecule has 1 heterocycles. The molecule has 0 spiro atoms. The Bertz CT molecular complexity index is 219. The quantitative estimate of drug-likeness (QED) is 0.624. The molecule has 82 valence electrons. The first-order valence-corrected chi connectivity index (χ1v) is 4.05. The highest BCUT2D eigenvalue weighted by Crippen LogP contribution is 2.19. The molecule has 0 saturated carbocycles. The van der Waals surface area contributed by atoms with Gasteiger partial charge in [-0.05, 0) is 0 Å². The van der Waals surface area contributed by atoms with Crippen molar-refractivity contribution in [1.29, 1.82) is 0 Å². The average Bonchev–Trinajstić information content (AvgIpc) is 2.50. The van der Waals surface area contributed by atoms with Gasteiger partial charge in [0.1, 0.15) is 6.10 Å². The molecule has 14 heavy (non-hydrogen) atoms. The number of carbonyl (C=O) groups is 1. The predicted molar refractivity (Wildman–Crippen MR) is 39.4 cm³/mol. The Balaban J connectivity index is 2.36. The van der Waals surface area contributed by atoms with Crippen molar-refractivity contribution in [2.75, 3.05) is 13.2 Å². The van der Waals surface area contributed by atoms with E-state index in [0.29, 0.717) is 0 Å². The Morgan fingerprint density at radius 2 is 2.21 bits per heavy atom. The fourth-order valence-electron chi connectivity index (χ4n) is 1.23. The topological polar surface area (TPSA) is 58.6 Å². The van der Waals surface area contributed by atoms with Crippen molar-refractivity contribution in [2.24, 2.45) is 0 Å². The molecule has 1 aliphatic heterocycles. The summed E-state index contributed by atoms with van der Waals surface area (Å²) >= 11 is 0. The standard InChI is InChI=1S/C7H10F3NO3/c8-7(9,10)6(13)14-5-1-4(3-12)11-2-5/h4-5,11-12H,1-3H2/t4-,5-/m1/s1. The molecule has 7 heteroatoms. The zero-order chi connectivity index (χ0) is 10.8. The SMILES string of the molecule is O=C(O[C@H]1CN[C@@H](CO)C1)C(F)(F)F. The van der Waals surface area contributed by atoms with E-state index < -0.39 is 18.2 Å². The fraction of sp³-hybridized carbons (Fsp3) is 0.857. The van der Waals surface area contributed by atoms with Crippen LogP contribution in [0.15, 0.2) is 0 Å². The molecular formula is C7H10F3NO3. The van der Waals surface area contributed by atoms with Gasteiger partial charge in [-0.15, -0.1) is 0 Å². The number of hydrogen-bond acceptors (Lipinski definition) is 4. The van der Waals surface area contributed by atoms with Gasteiger partial charge in [-0.1, -0.05) is 0 Å². The maximum absolute atomic E-state index is 11.7. The molecule has 2 atom stereocenters. The van der Waals surface area contributed by atoms with Crippen molar-refractivity contribution < 1.29 is 27.8 Å². The molecule has 0 aliphatic carbocycles. The summed E-state index contributed by atoms with van der Waals surface area (Å²) in [4.78, 5) is 10.4. The molecule has 1 fully saturated rings. The second kappa shape index (κ2) is 4.14. The number of aliphatic hydroxyl groups excluding tert-OH is 1. The van der Waals surface area contributed by atoms with Gasteiger partial charge in [-0.2, -0.15) is 13.2 Å². The Morgan fingerprint density at radius 1 is 1.57 bits per heavy atom. The Labute approximate surface area is 78.0 Å². The summed E-state index contributed by atoms with van der Waals surface area (Å²) in [7, 11) is 0. The molecule has 0 aromatic carbocycles. The second-order valence-electron chi connectivity index (χ2n) is 3.05. The molecule has 2 N–H and O–H groups in total. The molecule has 0 radical (unpaired) electrons. The van der Waals surface area contributed by atoms with Crippen LogP contribution in [-0.4, -0.2) is 42.5 Å². The van der Waals surface area contributed by atoms with E-state index in [2.05, 4.69) is 10.1 Å². The highest BCUT2D eigenvalue weighted by atomic mass is 19.4. The van der Waals surface area contributed by atoms with Crippen molar-refractivity contribution in [3.8, 4) is 0 Å². The van der Waals surface area contributed by atoms with E-state index in [9.17, 15) is 18.0 Å². The third-order valence-corrected chi connectivity index (χ3v) is 1.91. The number of halogens is 3. The van der Waals surface area contributed by atoms with E-state index in [1.807, 2.05) is 0 Å². The van der Waals surface area contributed by atoms with Gasteiger partial charge in [0.2, 0.25) is 0 Å². The van der Waals surface area contributed by atoms with Crippen LogP contribution in [0, 0.1) is 0 Å². The highest BCUT2D eigenvalue weighted by molar-refractivity contribution is 5.75. The van der Waals surface area contributed by atoms with E-state index in [-0.39, 0.29) is 25.6 Å². The smallest absolute Gasteiger partial charge is 0.454 e. The van der Waals surface area contributed by atoms with Crippen LogP contribution >= 0.6 is 0 Å². The highest BCUT2D eigenvalue weighted by Gasteiger charge is 2.43. The van der Waals surface area contributed by atoms with E-state index >= 15 is 0 Å². The Hall–Kier alpha value is -0.820. The van der Waals surface area contributed by atoms with Crippen LogP contribution in [0.3, 0.4) is 0 Å². The molecule has 0 aromatic rings. The Morgan fingerprint density at radius 3 is 2.64 bits per heavy atom. The first-order chi connectivity index (χ1) is 6.43. The molecule has 0 amide bonds. The van der Waals surface area contributed by atoms with Gasteiger partial charge < -0.3 is 15.2 Å². The summed E-state index contributed by atoms with van der Waals surface area (Å²) in [5.41, 5.74) is 0. The Kier molecular flexibility index (Phi) is 3.33. The number of carbonyl (C=O) groups excluding carboxylic acids is 1. The summed E-state index contributed by atoms with van der Waals surface area (Å²) < 4.78 is 39.4. The van der Waals surface area contributed by atoms with Crippen LogP contribution in [0.5, 0.6) is 0 Å². The summed E-state index contributed by atoms with van der Waals surface area (Å²) in [6.07, 6.45) is -5.54. The molecule has 0 aromatic heterocycles. The van der Waals surface area contributed by atoms with Gasteiger partial charge in [0.25, 0.3) is 0 Å². The van der Waals surface area contributed by atoms with Gasteiger partial charge in [0.05, 0.1) is 6.61 Å². The van der Waals surface area contributed by atoms with Gasteiger partial charge in [-0.25, -0.2) is 4.79 Å². The van der Waals surface area contributed by atoms with Crippen LogP contribution in [0.1, 0.15) is 6.42 Å². The van der Waals surface area contributed by atoms with Crippen LogP contribution in [0.25, 0.3) is 0 Å². The lowest BCUT2D eigenvalue weighted by Gasteiger charge is -2.12. The summed E-state index contributed by atoms with van der Waals surface area (Å²) in [5.74, 6) is -2.18. The zero-order valence-corrected chi connectivity index (χ0v) is 7.17. The fourth-order valence-corrected chi connectivity index (χ4v) is 1.23. The molecule has 1 saturated heterocycles. The molecule has 0 unspecified atom stereocenters. The lowest BCUT2D eigenvalue weighted by molar-refractivity contribution is -0.204. The van der Waals surface area contributed by atoms with Gasteiger partial charge in [0.15, 0.2) is 0 Å². The van der Waals surface area contributed by atoms with E-state index in [4.69, 9.17) is 5.11 Å². The molecule has 1 aliphatic rings. The van der Waals surface area contributed by atoms with Crippen molar-refractivity contribution in [3.05, 3.63) is 0 Å². The molecular weight excluding hydrogens is 203 g/mol. The normalized spacial score (nSPS) is 27.7. The summed E-state index contributed by atoms with van der Waals surface area (Å²) in [6, 6.07) is -0.291. The number of rotatable bonds is 2. The van der Waals surface area contributed by atoms with Crippen LogP contribution in [0.2, 0.25) is 0 Å². The van der Waals surface area contributed by atoms with Gasteiger partial charge in [-0.3, -0.25) is 0 Å². The first-order valence-electron chi connectivity index (χ1n) is 4.05. The minimum absolute atomic E-state index is 0.146. The lowest BCUT2D eigenvalue weighted by Crippen LogP contribution is -2.31. The van der Waals surface area contributed by atoms with Crippen molar-refractivity contribution in [1.82, 2.24) is 5.32 Å². The van der Waals surface area contributed by atoms with E-state index in [0.717, 1.165) is 0 Å². The third-order valence-electron chi connectivity index (χ3n) is 1.91. The molecule has 4 nitrogen and oxygen atoms in total. The van der Waals surface area contributed by atoms with Crippen molar-refractivity contribution in [3.63, 3.8) is 0 Å². The maximum Gasteiger partial charge on any atom is 0.490 e. The van der Waals surface area contributed by atoms with Crippen LogP contribution in [0.4, 0.5) is 13.2 Å². The van der Waals surface area contributed by atoms with Crippen molar-refractivity contribution in [2.45, 2.75) is 24.7 Å². The van der Waals surface area contributed by atoms with Gasteiger partial charge >= 0.3 is 12.1 Å². The van der Waals surface area contributed by atoms with E-state index in [1.54, 1.807) is 0 Å². The molecule has 1 rings (SSSR count). The maximum atomic E-state index is 11.7. The zero-order valence-electron chi connectivity index (χ0n) is 7.17. The number of nitrogens with one attached hydrogen (secondary N) is 1. The monoisotopic (exact) mass is 213 g/mol. The minimum atomic E-state index is -4.95. The number of aliphatic hydroxyl groups is 1. The summed E-state index contributed by atoms with van der Waals surface area (Å²) in [6.45, 7) is -0.0346. The third kappa shape index (κ3) is 2.85. The largest absolute Gasteiger partial charge is 0.490 e. The minimum Gasteiger partial charge on any atom is -0.454 e. The number of esters is 1. The predicted octanol–water partition coefficient (Wildman–Crippen LogP) is -0.185. The summed E-state index contributed by atoms with van der Waals surface area (Å²) in [5, 5.41) is 11.4. The van der Waals surface area contributed by atoms with E-state index in [1.165, 1.54) is 0 Å². The van der Waals surface area contributed by atoms with Crippen LogP contribution < -0.4 is 5.32 Å². The molecule has 0 bridgehead atoms. The van der Waals surface area contributed by atoms with Gasteiger partial charge in [0, 0.05) is 19.0 Å². The second-order valence-corrected chi connectivity index (χ2v) is 3.05. The average molecular weight is 213 g/mol. The first kappa shape index (κ1) is 11.3. The number of ether oxygens (including phenoxy) is 1. The lowest BCUT2D eigenvalue weighted by atomic mass is 10.2.